The van der Waals surface area contributed by atoms with Crippen molar-refractivity contribution in [2.75, 3.05) is 0 Å². The van der Waals surface area contributed by atoms with Gasteiger partial charge in [-0.15, -0.1) is 69.1 Å². The normalized spacial score (nSPS) is 11.4. The van der Waals surface area contributed by atoms with E-state index >= 15 is 0 Å². The van der Waals surface area contributed by atoms with Crippen LogP contribution in [0.25, 0.3) is 86.9 Å². The van der Waals surface area contributed by atoms with Crippen LogP contribution in [-0.4, -0.2) is 5.43 Å². The Balaban J connectivity index is 0.000000147. The molecule has 0 nitrogen and oxygen atoms in total. The minimum atomic E-state index is -1.65. The molecule has 0 fully saturated rings. The average molecular weight is 915 g/mol. The van der Waals surface area contributed by atoms with Crippen LogP contribution in [0.15, 0.2) is 170 Å². The summed E-state index contributed by atoms with van der Waals surface area (Å²) in [6, 6.07) is 62.7. The van der Waals surface area contributed by atoms with Gasteiger partial charge in [-0.3, -0.25) is 0 Å². The van der Waals surface area contributed by atoms with Crippen molar-refractivity contribution < 1.29 is 18.0 Å². The van der Waals surface area contributed by atoms with E-state index in [1.807, 2.05) is 0 Å². The Labute approximate surface area is 370 Å². The second-order valence-electron chi connectivity index (χ2n) is 17.2. The first-order valence-electron chi connectivity index (χ1n) is 21.2. The zero-order valence-corrected chi connectivity index (χ0v) is 40.5. The summed E-state index contributed by atoms with van der Waals surface area (Å²) in [5.74, 6) is 1.34. The molecule has 0 aromatic heterocycles. The van der Waals surface area contributed by atoms with Crippen LogP contribution in [0.2, 0.25) is 13.1 Å². The fourth-order valence-corrected chi connectivity index (χ4v) is 8.82. The third-order valence-corrected chi connectivity index (χ3v) is 31.1. The number of hydrogen-bond donors (Lipinski definition) is 0. The van der Waals surface area contributed by atoms with Crippen LogP contribution >= 0.6 is 17.0 Å². The molecule has 0 saturated carbocycles. The second kappa shape index (κ2) is 18.8. The Morgan fingerprint density at radius 2 is 0.750 bits per heavy atom. The molecule has 10 aromatic rings. The molecular weight excluding hydrogens is 863 g/mol. The molecule has 300 valence electrons. The molecule has 0 atom stereocenters. The molecule has 10 aromatic carbocycles. The van der Waals surface area contributed by atoms with Crippen molar-refractivity contribution in [2.45, 2.75) is 53.6 Å². The summed E-state index contributed by atoms with van der Waals surface area (Å²) in [5.41, 5.74) is 8.06. The quantitative estimate of drug-likeness (QED) is 0.0886. The maximum atomic E-state index is 5.62. The van der Waals surface area contributed by atoms with Gasteiger partial charge in [-0.05, 0) is 91.0 Å². The van der Waals surface area contributed by atoms with Crippen molar-refractivity contribution in [3.63, 3.8) is 0 Å². The molecule has 0 saturated heterocycles. The first-order chi connectivity index (χ1) is 29.0. The Bertz CT molecular complexity index is 2830. The molecule has 0 aliphatic heterocycles. The summed E-state index contributed by atoms with van der Waals surface area (Å²) < 4.78 is 0. The molecular formula is C56H52Cl2SiZr-2. The Morgan fingerprint density at radius 3 is 1.05 bits per heavy atom. The molecule has 0 aliphatic carbocycles. The number of rotatable bonds is 6. The van der Waals surface area contributed by atoms with Crippen molar-refractivity contribution in [3.05, 3.63) is 181 Å². The van der Waals surface area contributed by atoms with Gasteiger partial charge in [0.15, 0.2) is 0 Å². The zero-order chi connectivity index (χ0) is 41.9. The summed E-state index contributed by atoms with van der Waals surface area (Å²) in [7, 11) is 11.2. The van der Waals surface area contributed by atoms with Crippen molar-refractivity contribution >= 4 is 87.1 Å². The number of hydrogen-bond acceptors (Lipinski definition) is 0. The van der Waals surface area contributed by atoms with E-state index in [9.17, 15) is 0 Å². The standard InChI is InChI=1S/2C27H23.C2H6Si.2ClH.Zr/c2*1-18(2)14-19-15-20-10-7-13-25(26(20)16-19)27-23-11-5-3-8-21(23)17-22-9-4-6-12-24(22)27;1-3-2;;;/h2*3-13,15-18H,14H2,1-2H3;1-2H3;2*1H;/q2*-1;;;;+2/p-2. The topological polar surface area (TPSA) is 0 Å². The van der Waals surface area contributed by atoms with Crippen LogP contribution in [0.3, 0.4) is 0 Å². The van der Waals surface area contributed by atoms with Gasteiger partial charge in [0.2, 0.25) is 0 Å². The van der Waals surface area contributed by atoms with E-state index in [0.717, 1.165) is 12.8 Å². The van der Waals surface area contributed by atoms with Crippen LogP contribution in [0.4, 0.5) is 0 Å². The average Bonchev–Trinajstić information content (AvgIpc) is 3.85. The first-order valence-corrected chi connectivity index (χ1v) is 33.7. The van der Waals surface area contributed by atoms with Crippen LogP contribution in [0.1, 0.15) is 38.8 Å². The summed E-state index contributed by atoms with van der Waals surface area (Å²) >= 11 is -1.65. The summed E-state index contributed by atoms with van der Waals surface area (Å²) in [6.07, 6.45) is 2.26. The zero-order valence-electron chi connectivity index (χ0n) is 35.5. The number of halogens is 2. The molecule has 0 unspecified atom stereocenters. The molecule has 60 heavy (non-hydrogen) atoms. The van der Waals surface area contributed by atoms with Crippen molar-refractivity contribution in [2.24, 2.45) is 11.8 Å². The third-order valence-electron chi connectivity index (χ3n) is 11.4. The number of fused-ring (bicyclic) bond motifs is 6. The van der Waals surface area contributed by atoms with Gasteiger partial charge in [0.1, 0.15) is 0 Å². The summed E-state index contributed by atoms with van der Waals surface area (Å²) in [5, 5.41) is 16.0. The van der Waals surface area contributed by atoms with Crippen molar-refractivity contribution in [1.29, 1.82) is 0 Å². The van der Waals surface area contributed by atoms with E-state index in [0.29, 0.717) is 11.8 Å². The van der Waals surface area contributed by atoms with E-state index in [1.54, 1.807) is 0 Å². The Kier molecular flexibility index (Phi) is 13.3. The van der Waals surface area contributed by atoms with Gasteiger partial charge < -0.3 is 0 Å². The van der Waals surface area contributed by atoms with Crippen LogP contribution in [-0.2, 0) is 30.8 Å². The van der Waals surface area contributed by atoms with Crippen molar-refractivity contribution in [3.8, 4) is 22.3 Å². The summed E-state index contributed by atoms with van der Waals surface area (Å²) in [6.45, 7) is 13.5. The van der Waals surface area contributed by atoms with Crippen LogP contribution in [0, 0.1) is 11.8 Å². The van der Waals surface area contributed by atoms with Gasteiger partial charge in [-0.1, -0.05) is 148 Å². The fraction of sp³-hybridized carbons (Fsp3) is 0.179. The van der Waals surface area contributed by atoms with Crippen molar-refractivity contribution in [1.82, 2.24) is 0 Å². The monoisotopic (exact) mass is 912 g/mol. The SMILES string of the molecule is CC(C)Cc1cc2c(-c3c4ccccc4cc4ccccc34)cccc2[cH-]1.CC(C)Cc1cc2c(-c3c4ccccc4cc4ccccc34)cccc2[cH-]1.C[Si](C)=[Zr]([Cl])[Cl]. The van der Waals surface area contributed by atoms with Gasteiger partial charge in [-0.2, -0.15) is 12.1 Å². The van der Waals surface area contributed by atoms with Gasteiger partial charge in [0, 0.05) is 0 Å². The molecule has 0 aliphatic rings. The summed E-state index contributed by atoms with van der Waals surface area (Å²) in [4.78, 5) is 0. The minimum absolute atomic E-state index is 0.224. The maximum absolute atomic E-state index is 5.62. The van der Waals surface area contributed by atoms with Gasteiger partial charge in [0.05, 0.1) is 0 Å². The molecule has 0 N–H and O–H groups in total. The third kappa shape index (κ3) is 9.15. The van der Waals surface area contributed by atoms with Crippen LogP contribution in [0.5, 0.6) is 0 Å². The van der Waals surface area contributed by atoms with Gasteiger partial charge in [0.25, 0.3) is 0 Å². The predicted octanol–water partition coefficient (Wildman–Crippen LogP) is 17.6. The molecule has 4 heteroatoms. The fourth-order valence-electron chi connectivity index (χ4n) is 8.82. The van der Waals surface area contributed by atoms with E-state index in [1.165, 1.54) is 98.0 Å². The predicted molar refractivity (Wildman–Crippen MR) is 266 cm³/mol. The van der Waals surface area contributed by atoms with Crippen LogP contribution < -0.4 is 0 Å². The van der Waals surface area contributed by atoms with Gasteiger partial charge in [-0.25, -0.2) is 0 Å². The molecule has 0 amide bonds. The van der Waals surface area contributed by atoms with E-state index in [2.05, 4.69) is 211 Å². The molecule has 10 rings (SSSR count). The van der Waals surface area contributed by atoms with E-state index < -0.39 is 18.0 Å². The molecule has 0 spiro atoms. The molecule has 0 radical (unpaired) electrons. The molecule has 0 heterocycles. The first kappa shape index (κ1) is 42.4. The number of benzene rings is 8. The van der Waals surface area contributed by atoms with E-state index in [4.69, 9.17) is 17.0 Å². The van der Waals surface area contributed by atoms with Gasteiger partial charge >= 0.3 is 53.5 Å². The van der Waals surface area contributed by atoms with E-state index in [-0.39, 0.29) is 5.43 Å². The Morgan fingerprint density at radius 1 is 0.433 bits per heavy atom. The molecule has 0 bridgehead atoms. The Hall–Kier alpha value is -4.30. The second-order valence-corrected chi connectivity index (χ2v) is 40.2.